The molecule has 92 valence electrons. The molecule has 0 aromatic heterocycles. The summed E-state index contributed by atoms with van der Waals surface area (Å²) < 4.78 is 6.49. The van der Waals surface area contributed by atoms with E-state index in [0.29, 0.717) is 5.02 Å². The minimum absolute atomic E-state index is 0.138. The molecule has 3 N–H and O–H groups in total. The van der Waals surface area contributed by atoms with Crippen LogP contribution in [0, 0.1) is 0 Å². The largest absolute Gasteiger partial charge is 0.496 e. The van der Waals surface area contributed by atoms with E-state index in [1.54, 1.807) is 0 Å². The van der Waals surface area contributed by atoms with Gasteiger partial charge in [-0.05, 0) is 52.5 Å². The number of halogens is 2. The molecule has 3 nitrogen and oxygen atoms in total. The third-order valence-corrected chi connectivity index (χ3v) is 3.92. The Morgan fingerprint density at radius 2 is 2.29 bits per heavy atom. The average molecular weight is 318 g/mol. The van der Waals surface area contributed by atoms with E-state index in [1.165, 1.54) is 0 Å². The summed E-state index contributed by atoms with van der Waals surface area (Å²) >= 11 is 9.44. The molecule has 17 heavy (non-hydrogen) atoms. The Kier molecular flexibility index (Phi) is 4.45. The summed E-state index contributed by atoms with van der Waals surface area (Å²) in [4.78, 5) is 0. The first-order chi connectivity index (χ1) is 8.22. The van der Waals surface area contributed by atoms with Gasteiger partial charge in [0.25, 0.3) is 0 Å². The monoisotopic (exact) mass is 316 g/mol. The van der Waals surface area contributed by atoms with Crippen molar-refractivity contribution in [1.29, 1.82) is 0 Å². The molecule has 1 unspecified atom stereocenters. The zero-order valence-corrected chi connectivity index (χ0v) is 11.6. The average Bonchev–Trinajstić information content (AvgIpc) is 2.36. The van der Waals surface area contributed by atoms with E-state index in [9.17, 15) is 0 Å². The second kappa shape index (κ2) is 5.87. The third kappa shape index (κ3) is 3.01. The van der Waals surface area contributed by atoms with Gasteiger partial charge in [0.2, 0.25) is 0 Å². The molecule has 0 bridgehead atoms. The van der Waals surface area contributed by atoms with Crippen molar-refractivity contribution < 1.29 is 4.74 Å². The van der Waals surface area contributed by atoms with E-state index in [4.69, 9.17) is 22.2 Å². The van der Waals surface area contributed by atoms with Crippen molar-refractivity contribution in [2.45, 2.75) is 18.9 Å². The number of nitrogens with two attached hydrogens (primary N) is 1. The van der Waals surface area contributed by atoms with Gasteiger partial charge in [-0.25, -0.2) is 5.43 Å². The molecule has 1 aliphatic rings. The lowest BCUT2D eigenvalue weighted by atomic mass is 10.0. The van der Waals surface area contributed by atoms with E-state index in [0.717, 1.165) is 35.2 Å². The van der Waals surface area contributed by atoms with E-state index >= 15 is 0 Å². The molecule has 0 aliphatic carbocycles. The van der Waals surface area contributed by atoms with Crippen LogP contribution in [0.3, 0.4) is 0 Å². The van der Waals surface area contributed by atoms with Gasteiger partial charge in [-0.1, -0.05) is 17.7 Å². The highest BCUT2D eigenvalue weighted by Gasteiger charge is 2.19. The number of ether oxygens (including phenoxy) is 1. The second-order valence-corrected chi connectivity index (χ2v) is 5.13. The first-order valence-corrected chi connectivity index (χ1v) is 6.63. The fourth-order valence-electron chi connectivity index (χ4n) is 1.81. The van der Waals surface area contributed by atoms with E-state index in [-0.39, 0.29) is 6.04 Å². The van der Waals surface area contributed by atoms with Crippen LogP contribution in [-0.4, -0.2) is 6.61 Å². The first kappa shape index (κ1) is 12.9. The van der Waals surface area contributed by atoms with Crippen molar-refractivity contribution in [1.82, 2.24) is 5.43 Å². The maximum absolute atomic E-state index is 6.08. The molecule has 0 saturated carbocycles. The molecule has 1 aromatic carbocycles. The van der Waals surface area contributed by atoms with Gasteiger partial charge < -0.3 is 4.74 Å². The SMILES string of the molecule is NNC(C1=CCCCO1)c1ccc(Br)c(Cl)c1. The highest BCUT2D eigenvalue weighted by atomic mass is 79.9. The van der Waals surface area contributed by atoms with Crippen LogP contribution in [0.15, 0.2) is 34.5 Å². The van der Waals surface area contributed by atoms with Crippen molar-refractivity contribution in [3.05, 3.63) is 45.1 Å². The van der Waals surface area contributed by atoms with Crippen LogP contribution in [0.2, 0.25) is 5.02 Å². The van der Waals surface area contributed by atoms with Crippen molar-refractivity contribution in [2.24, 2.45) is 5.84 Å². The molecular weight excluding hydrogens is 304 g/mol. The molecule has 1 heterocycles. The quantitative estimate of drug-likeness (QED) is 0.664. The molecule has 5 heteroatoms. The summed E-state index contributed by atoms with van der Waals surface area (Å²) in [5.41, 5.74) is 3.76. The first-order valence-electron chi connectivity index (χ1n) is 5.46. The normalized spacial score (nSPS) is 17.2. The Balaban J connectivity index is 2.28. The number of benzene rings is 1. The summed E-state index contributed by atoms with van der Waals surface area (Å²) in [6, 6.07) is 5.63. The Bertz CT molecular complexity index is 437. The number of hydrazine groups is 1. The predicted octanol–water partition coefficient (Wildman–Crippen LogP) is 3.30. The van der Waals surface area contributed by atoms with E-state index in [1.807, 2.05) is 18.2 Å². The highest BCUT2D eigenvalue weighted by molar-refractivity contribution is 9.10. The minimum Gasteiger partial charge on any atom is -0.496 e. The lowest BCUT2D eigenvalue weighted by Gasteiger charge is -2.23. The Labute approximate surface area is 114 Å². The maximum Gasteiger partial charge on any atom is 0.115 e. The third-order valence-electron chi connectivity index (χ3n) is 2.69. The van der Waals surface area contributed by atoms with E-state index in [2.05, 4.69) is 27.4 Å². The van der Waals surface area contributed by atoms with Gasteiger partial charge in [0.05, 0.1) is 11.6 Å². The Morgan fingerprint density at radius 1 is 1.47 bits per heavy atom. The predicted molar refractivity (Wildman–Crippen MR) is 72.5 cm³/mol. The van der Waals surface area contributed by atoms with Crippen LogP contribution in [0.4, 0.5) is 0 Å². The number of hydrogen-bond acceptors (Lipinski definition) is 3. The molecule has 1 aromatic rings. The van der Waals surface area contributed by atoms with Gasteiger partial charge in [-0.2, -0.15) is 0 Å². The molecule has 0 amide bonds. The molecule has 1 aliphatic heterocycles. The molecule has 1 atom stereocenters. The Hall–Kier alpha value is -0.550. The Morgan fingerprint density at radius 3 is 2.88 bits per heavy atom. The fraction of sp³-hybridized carbons (Fsp3) is 0.333. The number of rotatable bonds is 3. The summed E-state index contributed by atoms with van der Waals surface area (Å²) in [6.07, 6.45) is 4.16. The van der Waals surface area contributed by atoms with Gasteiger partial charge >= 0.3 is 0 Å². The van der Waals surface area contributed by atoms with Gasteiger partial charge in [0, 0.05) is 4.47 Å². The van der Waals surface area contributed by atoms with Crippen molar-refractivity contribution in [3.63, 3.8) is 0 Å². The van der Waals surface area contributed by atoms with Gasteiger partial charge in [-0.15, -0.1) is 0 Å². The van der Waals surface area contributed by atoms with Crippen molar-refractivity contribution in [3.8, 4) is 0 Å². The summed E-state index contributed by atoms with van der Waals surface area (Å²) in [5.74, 6) is 6.47. The summed E-state index contributed by atoms with van der Waals surface area (Å²) in [6.45, 7) is 0.744. The summed E-state index contributed by atoms with van der Waals surface area (Å²) in [5, 5.41) is 0.666. The minimum atomic E-state index is -0.138. The molecule has 0 radical (unpaired) electrons. The van der Waals surface area contributed by atoms with Crippen LogP contribution in [-0.2, 0) is 4.74 Å². The van der Waals surface area contributed by atoms with Crippen LogP contribution in [0.5, 0.6) is 0 Å². The second-order valence-electron chi connectivity index (χ2n) is 3.87. The summed E-state index contributed by atoms with van der Waals surface area (Å²) in [7, 11) is 0. The zero-order valence-electron chi connectivity index (χ0n) is 9.25. The van der Waals surface area contributed by atoms with Crippen molar-refractivity contribution in [2.75, 3.05) is 6.61 Å². The number of hydrogen-bond donors (Lipinski definition) is 2. The van der Waals surface area contributed by atoms with Crippen LogP contribution < -0.4 is 11.3 Å². The molecule has 0 fully saturated rings. The standard InChI is InChI=1S/C12H14BrClN2O/c13-9-5-4-8(7-10(9)14)12(16-15)11-3-1-2-6-17-11/h3-5,7,12,16H,1-2,6,15H2. The van der Waals surface area contributed by atoms with Gasteiger partial charge in [0.15, 0.2) is 0 Å². The molecule has 2 rings (SSSR count). The van der Waals surface area contributed by atoms with Crippen LogP contribution in [0.1, 0.15) is 24.4 Å². The molecule has 0 spiro atoms. The van der Waals surface area contributed by atoms with Crippen LogP contribution >= 0.6 is 27.5 Å². The maximum atomic E-state index is 6.08. The zero-order chi connectivity index (χ0) is 12.3. The van der Waals surface area contributed by atoms with Crippen molar-refractivity contribution >= 4 is 27.5 Å². The van der Waals surface area contributed by atoms with E-state index < -0.39 is 0 Å². The van der Waals surface area contributed by atoms with Gasteiger partial charge in [-0.3, -0.25) is 5.84 Å². The molecular formula is C12H14BrClN2O. The van der Waals surface area contributed by atoms with Crippen LogP contribution in [0.25, 0.3) is 0 Å². The van der Waals surface area contributed by atoms with Gasteiger partial charge in [0.1, 0.15) is 11.8 Å². The number of allylic oxidation sites excluding steroid dienone is 1. The highest BCUT2D eigenvalue weighted by Crippen LogP contribution is 2.30. The topological polar surface area (TPSA) is 47.3 Å². The smallest absolute Gasteiger partial charge is 0.115 e. The lowest BCUT2D eigenvalue weighted by molar-refractivity contribution is 0.168. The fourth-order valence-corrected chi connectivity index (χ4v) is 2.25. The number of nitrogens with one attached hydrogen (secondary N) is 1. The lowest BCUT2D eigenvalue weighted by Crippen LogP contribution is -2.31. The molecule has 0 saturated heterocycles.